The fraction of sp³-hybridized carbons (Fsp3) is 0.222. The van der Waals surface area contributed by atoms with Gasteiger partial charge in [-0.2, -0.15) is 0 Å². The molecule has 120 valence electrons. The Morgan fingerprint density at radius 1 is 0.783 bits per heavy atom. The van der Waals surface area contributed by atoms with Crippen LogP contribution in [0.4, 0.5) is 0 Å². The van der Waals surface area contributed by atoms with E-state index in [0.29, 0.717) is 22.8 Å². The molecule has 0 aliphatic carbocycles. The minimum absolute atomic E-state index is 0.300. The Kier molecular flexibility index (Phi) is 5.36. The van der Waals surface area contributed by atoms with Crippen LogP contribution in [0.1, 0.15) is 17.3 Å². The van der Waals surface area contributed by atoms with Crippen LogP contribution in [0.25, 0.3) is 0 Å². The highest BCUT2D eigenvalue weighted by Gasteiger charge is 2.24. The summed E-state index contributed by atoms with van der Waals surface area (Å²) in [6.45, 7) is 1.53. The number of Topliss-reactive ketones (excluding diaryl/α,β-unsaturated/α-hetero) is 1. The second-order valence-electron chi connectivity index (χ2n) is 4.91. The second-order valence-corrected chi connectivity index (χ2v) is 4.91. The van der Waals surface area contributed by atoms with E-state index in [4.69, 9.17) is 14.2 Å². The molecule has 0 radical (unpaired) electrons. The molecular formula is C18H18O5. The maximum absolute atomic E-state index is 12.3. The summed E-state index contributed by atoms with van der Waals surface area (Å²) in [5.74, 6) is -0.125. The third-order valence-electron chi connectivity index (χ3n) is 3.40. The van der Waals surface area contributed by atoms with E-state index >= 15 is 0 Å². The minimum atomic E-state index is -0.898. The molecule has 0 aliphatic heterocycles. The standard InChI is InChI=1S/C18H18O5/c1-12(17(19)13-4-6-14(21-2)7-5-13)18(20)23-16-10-8-15(22-3)9-11-16/h4-12H,1-3H3. The van der Waals surface area contributed by atoms with Gasteiger partial charge in [0.25, 0.3) is 0 Å². The third-order valence-corrected chi connectivity index (χ3v) is 3.40. The first-order valence-corrected chi connectivity index (χ1v) is 7.09. The Hall–Kier alpha value is -2.82. The largest absolute Gasteiger partial charge is 0.497 e. The maximum atomic E-state index is 12.3. The number of esters is 1. The van der Waals surface area contributed by atoms with Crippen molar-refractivity contribution in [3.05, 3.63) is 54.1 Å². The molecule has 0 fully saturated rings. The van der Waals surface area contributed by atoms with Crippen LogP contribution < -0.4 is 14.2 Å². The van der Waals surface area contributed by atoms with Crippen LogP contribution in [0.15, 0.2) is 48.5 Å². The van der Waals surface area contributed by atoms with Crippen LogP contribution in [0.2, 0.25) is 0 Å². The number of carbonyl (C=O) groups excluding carboxylic acids is 2. The molecular weight excluding hydrogens is 296 g/mol. The summed E-state index contributed by atoms with van der Waals surface area (Å²) < 4.78 is 15.3. The van der Waals surface area contributed by atoms with Gasteiger partial charge < -0.3 is 14.2 Å². The average molecular weight is 314 g/mol. The molecule has 0 saturated carbocycles. The molecule has 1 atom stereocenters. The van der Waals surface area contributed by atoms with Crippen molar-refractivity contribution in [2.45, 2.75) is 6.92 Å². The van der Waals surface area contributed by atoms with E-state index in [-0.39, 0.29) is 5.78 Å². The van der Waals surface area contributed by atoms with Crippen LogP contribution in [-0.4, -0.2) is 26.0 Å². The van der Waals surface area contributed by atoms with E-state index in [9.17, 15) is 9.59 Å². The zero-order valence-corrected chi connectivity index (χ0v) is 13.2. The Balaban J connectivity index is 2.03. The summed E-state index contributed by atoms with van der Waals surface area (Å²) in [4.78, 5) is 24.4. The third kappa shape index (κ3) is 4.10. The summed E-state index contributed by atoms with van der Waals surface area (Å²) in [5.41, 5.74) is 0.435. The predicted molar refractivity (Wildman–Crippen MR) is 85.1 cm³/mol. The number of carbonyl (C=O) groups is 2. The van der Waals surface area contributed by atoms with Gasteiger partial charge in [0.15, 0.2) is 5.78 Å². The molecule has 2 aromatic rings. The average Bonchev–Trinajstić information content (AvgIpc) is 2.61. The van der Waals surface area contributed by atoms with E-state index in [1.165, 1.54) is 6.92 Å². The Bertz CT molecular complexity index is 674. The summed E-state index contributed by atoms with van der Waals surface area (Å²) in [6.07, 6.45) is 0. The van der Waals surface area contributed by atoms with Crippen molar-refractivity contribution in [3.63, 3.8) is 0 Å². The van der Waals surface area contributed by atoms with Gasteiger partial charge in [-0.05, 0) is 55.5 Å². The van der Waals surface area contributed by atoms with Crippen LogP contribution >= 0.6 is 0 Å². The van der Waals surface area contributed by atoms with Gasteiger partial charge >= 0.3 is 5.97 Å². The lowest BCUT2D eigenvalue weighted by atomic mass is 9.99. The zero-order chi connectivity index (χ0) is 16.8. The van der Waals surface area contributed by atoms with Crippen molar-refractivity contribution < 1.29 is 23.8 Å². The topological polar surface area (TPSA) is 61.8 Å². The highest BCUT2D eigenvalue weighted by atomic mass is 16.5. The molecule has 23 heavy (non-hydrogen) atoms. The van der Waals surface area contributed by atoms with Gasteiger partial charge in [0.1, 0.15) is 23.2 Å². The molecule has 0 bridgehead atoms. The Labute approximate surface area is 134 Å². The summed E-state index contributed by atoms with van der Waals surface area (Å²) in [5, 5.41) is 0. The number of ketones is 1. The number of hydrogen-bond acceptors (Lipinski definition) is 5. The van der Waals surface area contributed by atoms with Gasteiger partial charge in [-0.25, -0.2) is 0 Å². The molecule has 0 heterocycles. The van der Waals surface area contributed by atoms with Crippen molar-refractivity contribution >= 4 is 11.8 Å². The molecule has 0 spiro atoms. The van der Waals surface area contributed by atoms with Crippen molar-refractivity contribution in [3.8, 4) is 17.2 Å². The van der Waals surface area contributed by atoms with Gasteiger partial charge in [-0.3, -0.25) is 9.59 Å². The monoisotopic (exact) mass is 314 g/mol. The lowest BCUT2D eigenvalue weighted by Gasteiger charge is -2.11. The molecule has 0 aromatic heterocycles. The minimum Gasteiger partial charge on any atom is -0.497 e. The SMILES string of the molecule is COc1ccc(OC(=O)C(C)C(=O)c2ccc(OC)cc2)cc1. The summed E-state index contributed by atoms with van der Waals surface area (Å²) in [7, 11) is 3.10. The normalized spacial score (nSPS) is 11.4. The van der Waals surface area contributed by atoms with E-state index in [0.717, 1.165) is 0 Å². The van der Waals surface area contributed by atoms with Crippen molar-refractivity contribution in [1.29, 1.82) is 0 Å². The van der Waals surface area contributed by atoms with E-state index < -0.39 is 11.9 Å². The molecule has 0 amide bonds. The molecule has 2 rings (SSSR count). The first-order valence-electron chi connectivity index (χ1n) is 7.09. The van der Waals surface area contributed by atoms with E-state index in [1.54, 1.807) is 62.8 Å². The Morgan fingerprint density at radius 3 is 1.70 bits per heavy atom. The number of ether oxygens (including phenoxy) is 3. The predicted octanol–water partition coefficient (Wildman–Crippen LogP) is 3.13. The van der Waals surface area contributed by atoms with Crippen LogP contribution in [0, 0.1) is 5.92 Å². The molecule has 1 unspecified atom stereocenters. The highest BCUT2D eigenvalue weighted by molar-refractivity contribution is 6.08. The Morgan fingerprint density at radius 2 is 1.22 bits per heavy atom. The van der Waals surface area contributed by atoms with Crippen molar-refractivity contribution in [2.24, 2.45) is 5.92 Å². The number of hydrogen-bond donors (Lipinski definition) is 0. The van der Waals surface area contributed by atoms with Crippen LogP contribution in [0.5, 0.6) is 17.2 Å². The maximum Gasteiger partial charge on any atom is 0.321 e. The fourth-order valence-corrected chi connectivity index (χ4v) is 1.96. The molecule has 0 saturated heterocycles. The fourth-order valence-electron chi connectivity index (χ4n) is 1.96. The van der Waals surface area contributed by atoms with Crippen LogP contribution in [-0.2, 0) is 4.79 Å². The molecule has 0 aliphatic rings. The highest BCUT2D eigenvalue weighted by Crippen LogP contribution is 2.20. The molecule has 2 aromatic carbocycles. The first kappa shape index (κ1) is 16.5. The quantitative estimate of drug-likeness (QED) is 0.355. The number of rotatable bonds is 6. The van der Waals surface area contributed by atoms with E-state index in [2.05, 4.69) is 0 Å². The first-order chi connectivity index (χ1) is 11.0. The van der Waals surface area contributed by atoms with Gasteiger partial charge in [0.2, 0.25) is 0 Å². The van der Waals surface area contributed by atoms with Gasteiger partial charge in [0.05, 0.1) is 14.2 Å². The van der Waals surface area contributed by atoms with E-state index in [1.807, 2.05) is 0 Å². The van der Waals surface area contributed by atoms with Crippen LogP contribution in [0.3, 0.4) is 0 Å². The summed E-state index contributed by atoms with van der Waals surface area (Å²) >= 11 is 0. The van der Waals surface area contributed by atoms with Gasteiger partial charge in [0, 0.05) is 5.56 Å². The lowest BCUT2D eigenvalue weighted by molar-refractivity contribution is -0.136. The lowest BCUT2D eigenvalue weighted by Crippen LogP contribution is -2.25. The molecule has 5 nitrogen and oxygen atoms in total. The second kappa shape index (κ2) is 7.45. The smallest absolute Gasteiger partial charge is 0.321 e. The van der Waals surface area contributed by atoms with Crippen molar-refractivity contribution in [2.75, 3.05) is 14.2 Å². The summed E-state index contributed by atoms with van der Waals surface area (Å²) in [6, 6.07) is 13.2. The number of benzene rings is 2. The molecule has 0 N–H and O–H groups in total. The molecule has 5 heteroatoms. The van der Waals surface area contributed by atoms with Gasteiger partial charge in [-0.15, -0.1) is 0 Å². The van der Waals surface area contributed by atoms with Gasteiger partial charge in [-0.1, -0.05) is 0 Å². The zero-order valence-electron chi connectivity index (χ0n) is 13.2. The number of methoxy groups -OCH3 is 2. The van der Waals surface area contributed by atoms with Crippen molar-refractivity contribution in [1.82, 2.24) is 0 Å².